The first kappa shape index (κ1) is 17.9. The lowest BCUT2D eigenvalue weighted by Gasteiger charge is -2.23. The summed E-state index contributed by atoms with van der Waals surface area (Å²) in [6, 6.07) is 5.61. The standard InChI is InChI=1S/C15H16FN3O4S2/c1-15(6-7-25(21,22)9-15)17-12(20)8-24-14-19-18-13(23-14)10-2-4-11(16)5-3-10/h2-5H,6-9H2,1H3,(H,17,20). The van der Waals surface area contributed by atoms with Crippen LogP contribution in [0.3, 0.4) is 0 Å². The Bertz CT molecular complexity index is 882. The lowest BCUT2D eigenvalue weighted by atomic mass is 10.0. The quantitative estimate of drug-likeness (QED) is 0.781. The predicted molar refractivity (Wildman–Crippen MR) is 90.2 cm³/mol. The number of sulfone groups is 1. The summed E-state index contributed by atoms with van der Waals surface area (Å²) in [5, 5.41) is 10.7. The van der Waals surface area contributed by atoms with Crippen LogP contribution in [0.4, 0.5) is 4.39 Å². The third-order valence-corrected chi connectivity index (χ3v) is 6.49. The van der Waals surface area contributed by atoms with E-state index < -0.39 is 15.4 Å². The Morgan fingerprint density at radius 2 is 2.08 bits per heavy atom. The topological polar surface area (TPSA) is 102 Å². The third kappa shape index (κ3) is 4.57. The highest BCUT2D eigenvalue weighted by atomic mass is 32.2. The molecule has 1 saturated heterocycles. The van der Waals surface area contributed by atoms with Crippen LogP contribution in [-0.2, 0) is 14.6 Å². The van der Waals surface area contributed by atoms with Gasteiger partial charge in [-0.3, -0.25) is 4.79 Å². The van der Waals surface area contributed by atoms with Gasteiger partial charge < -0.3 is 9.73 Å². The van der Waals surface area contributed by atoms with Crippen LogP contribution in [0.2, 0.25) is 0 Å². The van der Waals surface area contributed by atoms with Gasteiger partial charge in [0.2, 0.25) is 11.8 Å². The van der Waals surface area contributed by atoms with Crippen LogP contribution in [0.25, 0.3) is 11.5 Å². The van der Waals surface area contributed by atoms with Gasteiger partial charge in [0.05, 0.1) is 22.8 Å². The third-order valence-electron chi connectivity index (χ3n) is 3.77. The molecule has 1 fully saturated rings. The molecule has 0 aliphatic carbocycles. The fraction of sp³-hybridized carbons (Fsp3) is 0.400. The summed E-state index contributed by atoms with van der Waals surface area (Å²) in [4.78, 5) is 12.0. The monoisotopic (exact) mass is 385 g/mol. The number of carbonyl (C=O) groups excluding carboxylic acids is 1. The molecule has 25 heavy (non-hydrogen) atoms. The largest absolute Gasteiger partial charge is 0.411 e. The molecule has 2 aromatic rings. The fourth-order valence-electron chi connectivity index (χ4n) is 2.59. The molecule has 1 unspecified atom stereocenters. The van der Waals surface area contributed by atoms with E-state index in [1.54, 1.807) is 6.92 Å². The number of thioether (sulfide) groups is 1. The molecule has 1 amide bonds. The average Bonchev–Trinajstić information content (AvgIpc) is 3.10. The maximum atomic E-state index is 12.9. The summed E-state index contributed by atoms with van der Waals surface area (Å²) >= 11 is 1.05. The number of benzene rings is 1. The number of aromatic nitrogens is 2. The van der Waals surface area contributed by atoms with Crippen LogP contribution in [0.1, 0.15) is 13.3 Å². The second kappa shape index (κ2) is 6.75. The number of halogens is 1. The normalized spacial score (nSPS) is 22.0. The second-order valence-electron chi connectivity index (χ2n) is 6.12. The predicted octanol–water partition coefficient (Wildman–Crippen LogP) is 1.66. The summed E-state index contributed by atoms with van der Waals surface area (Å²) < 4.78 is 41.4. The minimum Gasteiger partial charge on any atom is -0.411 e. The molecule has 7 nitrogen and oxygen atoms in total. The Kier molecular flexibility index (Phi) is 4.83. The van der Waals surface area contributed by atoms with Crippen molar-refractivity contribution < 1.29 is 22.0 Å². The van der Waals surface area contributed by atoms with Gasteiger partial charge in [-0.2, -0.15) is 0 Å². The van der Waals surface area contributed by atoms with Gasteiger partial charge in [0.15, 0.2) is 9.84 Å². The molecule has 2 heterocycles. The molecule has 1 N–H and O–H groups in total. The molecule has 1 aromatic heterocycles. The molecule has 0 radical (unpaired) electrons. The van der Waals surface area contributed by atoms with Crippen LogP contribution < -0.4 is 5.32 Å². The number of hydrogen-bond acceptors (Lipinski definition) is 7. The van der Waals surface area contributed by atoms with E-state index in [1.807, 2.05) is 0 Å². The van der Waals surface area contributed by atoms with E-state index in [0.717, 1.165) is 11.8 Å². The van der Waals surface area contributed by atoms with E-state index in [1.165, 1.54) is 24.3 Å². The van der Waals surface area contributed by atoms with Crippen molar-refractivity contribution in [3.63, 3.8) is 0 Å². The zero-order valence-electron chi connectivity index (χ0n) is 13.4. The van der Waals surface area contributed by atoms with Crippen molar-refractivity contribution in [3.8, 4) is 11.5 Å². The van der Waals surface area contributed by atoms with E-state index in [-0.39, 0.29) is 40.1 Å². The summed E-state index contributed by atoms with van der Waals surface area (Å²) in [5.74, 6) is -0.367. The van der Waals surface area contributed by atoms with Gasteiger partial charge in [-0.1, -0.05) is 11.8 Å². The summed E-state index contributed by atoms with van der Waals surface area (Å²) in [6.07, 6.45) is 0.404. The van der Waals surface area contributed by atoms with Crippen molar-refractivity contribution in [1.82, 2.24) is 15.5 Å². The van der Waals surface area contributed by atoms with E-state index in [2.05, 4.69) is 15.5 Å². The SMILES string of the molecule is CC1(NC(=O)CSc2nnc(-c3ccc(F)cc3)o2)CCS(=O)(=O)C1. The highest BCUT2D eigenvalue weighted by molar-refractivity contribution is 7.99. The van der Waals surface area contributed by atoms with Crippen molar-refractivity contribution in [2.45, 2.75) is 24.1 Å². The van der Waals surface area contributed by atoms with E-state index in [0.29, 0.717) is 12.0 Å². The number of rotatable bonds is 5. The van der Waals surface area contributed by atoms with Gasteiger partial charge in [0.25, 0.3) is 5.22 Å². The highest BCUT2D eigenvalue weighted by Gasteiger charge is 2.39. The lowest BCUT2D eigenvalue weighted by molar-refractivity contribution is -0.120. The maximum Gasteiger partial charge on any atom is 0.277 e. The summed E-state index contributed by atoms with van der Waals surface area (Å²) in [5.41, 5.74) is -0.154. The molecule has 3 rings (SSSR count). The Balaban J connectivity index is 1.55. The van der Waals surface area contributed by atoms with Crippen molar-refractivity contribution in [2.24, 2.45) is 0 Å². The zero-order chi connectivity index (χ0) is 18.1. The van der Waals surface area contributed by atoms with Crippen LogP contribution in [0.15, 0.2) is 33.9 Å². The molecule has 10 heteroatoms. The van der Waals surface area contributed by atoms with Gasteiger partial charge in [0.1, 0.15) is 5.82 Å². The molecular formula is C15H16FN3O4S2. The number of nitrogens with one attached hydrogen (secondary N) is 1. The fourth-order valence-corrected chi connectivity index (χ4v) is 5.24. The first-order valence-electron chi connectivity index (χ1n) is 7.48. The smallest absolute Gasteiger partial charge is 0.277 e. The minimum atomic E-state index is -3.09. The molecule has 0 bridgehead atoms. The van der Waals surface area contributed by atoms with Gasteiger partial charge >= 0.3 is 0 Å². The molecule has 0 spiro atoms. The molecule has 1 atom stereocenters. The molecule has 134 valence electrons. The number of nitrogens with zero attached hydrogens (tertiary/aromatic N) is 2. The minimum absolute atomic E-state index is 0.0285. The summed E-state index contributed by atoms with van der Waals surface area (Å²) in [7, 11) is -3.09. The molecule has 1 aliphatic heterocycles. The lowest BCUT2D eigenvalue weighted by Crippen LogP contribution is -2.47. The molecular weight excluding hydrogens is 369 g/mol. The van der Waals surface area contributed by atoms with Crippen molar-refractivity contribution in [3.05, 3.63) is 30.1 Å². The Labute approximate surface area is 148 Å². The molecule has 1 aliphatic rings. The zero-order valence-corrected chi connectivity index (χ0v) is 15.0. The summed E-state index contributed by atoms with van der Waals surface area (Å²) in [6.45, 7) is 1.72. The maximum absolute atomic E-state index is 12.9. The van der Waals surface area contributed by atoms with E-state index >= 15 is 0 Å². The van der Waals surface area contributed by atoms with E-state index in [4.69, 9.17) is 4.42 Å². The van der Waals surface area contributed by atoms with E-state index in [9.17, 15) is 17.6 Å². The number of amides is 1. The van der Waals surface area contributed by atoms with Crippen LogP contribution >= 0.6 is 11.8 Å². The van der Waals surface area contributed by atoms with Gasteiger partial charge in [0, 0.05) is 5.56 Å². The first-order chi connectivity index (χ1) is 11.7. The van der Waals surface area contributed by atoms with Gasteiger partial charge in [-0.15, -0.1) is 10.2 Å². The van der Waals surface area contributed by atoms with Crippen molar-refractivity contribution >= 4 is 27.5 Å². The number of hydrogen-bond donors (Lipinski definition) is 1. The second-order valence-corrected chi connectivity index (χ2v) is 9.23. The Morgan fingerprint density at radius 3 is 2.72 bits per heavy atom. The van der Waals surface area contributed by atoms with Crippen molar-refractivity contribution in [1.29, 1.82) is 0 Å². The van der Waals surface area contributed by atoms with Crippen LogP contribution in [-0.4, -0.2) is 47.3 Å². The molecule has 1 aromatic carbocycles. The number of carbonyl (C=O) groups is 1. The first-order valence-corrected chi connectivity index (χ1v) is 10.3. The Morgan fingerprint density at radius 1 is 1.36 bits per heavy atom. The highest BCUT2D eigenvalue weighted by Crippen LogP contribution is 2.25. The van der Waals surface area contributed by atoms with Gasteiger partial charge in [-0.25, -0.2) is 12.8 Å². The van der Waals surface area contributed by atoms with Crippen LogP contribution in [0.5, 0.6) is 0 Å². The Hall–Kier alpha value is -1.94. The average molecular weight is 385 g/mol. The van der Waals surface area contributed by atoms with Crippen molar-refractivity contribution in [2.75, 3.05) is 17.3 Å². The molecule has 0 saturated carbocycles. The van der Waals surface area contributed by atoms with Gasteiger partial charge in [-0.05, 0) is 37.6 Å². The van der Waals surface area contributed by atoms with Crippen LogP contribution in [0, 0.1) is 5.82 Å².